The fourth-order valence-corrected chi connectivity index (χ4v) is 2.44. The Hall–Kier alpha value is -0.610. The van der Waals surface area contributed by atoms with E-state index in [0.29, 0.717) is 18.9 Å². The van der Waals surface area contributed by atoms with Gasteiger partial charge in [-0.1, -0.05) is 0 Å². The van der Waals surface area contributed by atoms with Crippen LogP contribution in [-0.4, -0.2) is 19.0 Å². The average molecular weight is 273 g/mol. The molecule has 1 saturated heterocycles. The molecule has 1 aliphatic heterocycles. The Bertz CT molecular complexity index is 364. The molecule has 2 heterocycles. The van der Waals surface area contributed by atoms with Crippen molar-refractivity contribution < 1.29 is 13.9 Å². The summed E-state index contributed by atoms with van der Waals surface area (Å²) in [6, 6.07) is 1.88. The van der Waals surface area contributed by atoms with Gasteiger partial charge in [0, 0.05) is 12.5 Å². The molecule has 0 spiro atoms. The molecule has 2 rings (SSSR count). The summed E-state index contributed by atoms with van der Waals surface area (Å²) in [6.07, 6.45) is 1.36. The van der Waals surface area contributed by atoms with Crippen LogP contribution in [0.2, 0.25) is 0 Å². The number of furan rings is 1. The normalized spacial score (nSPS) is 20.8. The van der Waals surface area contributed by atoms with Crippen molar-refractivity contribution in [2.75, 3.05) is 13.2 Å². The summed E-state index contributed by atoms with van der Waals surface area (Å²) in [5.41, 5.74) is 0. The first-order valence-corrected chi connectivity index (χ1v) is 5.81. The van der Waals surface area contributed by atoms with Crippen LogP contribution >= 0.6 is 15.9 Å². The Labute approximate surface area is 96.9 Å². The molecule has 4 heteroatoms. The standard InChI is InChI=1S/C11H13BrO3/c1-7(13)4-9-5-10(12)11(15-9)8-2-3-14-6-8/h5,8H,2-4,6H2,1H3. The highest BCUT2D eigenvalue weighted by molar-refractivity contribution is 9.10. The minimum absolute atomic E-state index is 0.116. The van der Waals surface area contributed by atoms with Gasteiger partial charge < -0.3 is 9.15 Å². The first-order valence-electron chi connectivity index (χ1n) is 5.02. The maximum atomic E-state index is 11.0. The predicted molar refractivity (Wildman–Crippen MR) is 59.0 cm³/mol. The largest absolute Gasteiger partial charge is 0.464 e. The summed E-state index contributed by atoms with van der Waals surface area (Å²) in [6.45, 7) is 3.07. The Morgan fingerprint density at radius 3 is 3.07 bits per heavy atom. The van der Waals surface area contributed by atoms with Crippen LogP contribution in [0, 0.1) is 0 Å². The molecular weight excluding hydrogens is 260 g/mol. The van der Waals surface area contributed by atoms with Crippen LogP contribution in [-0.2, 0) is 16.0 Å². The summed E-state index contributed by atoms with van der Waals surface area (Å²) in [4.78, 5) is 11.0. The van der Waals surface area contributed by atoms with Crippen molar-refractivity contribution >= 4 is 21.7 Å². The Morgan fingerprint density at radius 1 is 1.67 bits per heavy atom. The number of hydrogen-bond acceptors (Lipinski definition) is 3. The third-order valence-electron chi connectivity index (χ3n) is 2.49. The molecule has 0 saturated carbocycles. The molecule has 0 N–H and O–H groups in total. The fraction of sp³-hybridized carbons (Fsp3) is 0.545. The fourth-order valence-electron chi connectivity index (χ4n) is 1.78. The van der Waals surface area contributed by atoms with Crippen molar-refractivity contribution in [1.29, 1.82) is 0 Å². The quantitative estimate of drug-likeness (QED) is 0.850. The number of halogens is 1. The van der Waals surface area contributed by atoms with Crippen molar-refractivity contribution in [1.82, 2.24) is 0 Å². The first kappa shape index (κ1) is 10.9. The predicted octanol–water partition coefficient (Wildman–Crippen LogP) is 2.68. The SMILES string of the molecule is CC(=O)Cc1cc(Br)c(C2CCOC2)o1. The molecule has 3 nitrogen and oxygen atoms in total. The second-order valence-corrected chi connectivity index (χ2v) is 4.72. The summed E-state index contributed by atoms with van der Waals surface area (Å²) in [5, 5.41) is 0. The molecule has 1 aromatic heterocycles. The van der Waals surface area contributed by atoms with Crippen molar-refractivity contribution in [2.45, 2.75) is 25.7 Å². The van der Waals surface area contributed by atoms with Gasteiger partial charge in [0.1, 0.15) is 17.3 Å². The molecule has 1 aromatic rings. The molecule has 1 fully saturated rings. The molecule has 0 aliphatic carbocycles. The molecule has 0 bridgehead atoms. The molecule has 0 amide bonds. The zero-order valence-corrected chi connectivity index (χ0v) is 10.2. The third-order valence-corrected chi connectivity index (χ3v) is 3.11. The van der Waals surface area contributed by atoms with Crippen molar-refractivity contribution in [3.05, 3.63) is 22.1 Å². The second-order valence-electron chi connectivity index (χ2n) is 3.86. The van der Waals surface area contributed by atoms with Crippen LogP contribution in [0.4, 0.5) is 0 Å². The van der Waals surface area contributed by atoms with E-state index in [1.807, 2.05) is 6.07 Å². The maximum Gasteiger partial charge on any atom is 0.137 e. The molecule has 1 unspecified atom stereocenters. The van der Waals surface area contributed by atoms with Gasteiger partial charge in [0.05, 0.1) is 17.5 Å². The highest BCUT2D eigenvalue weighted by Gasteiger charge is 2.24. The van der Waals surface area contributed by atoms with Gasteiger partial charge in [-0.05, 0) is 35.3 Å². The third kappa shape index (κ3) is 2.49. The van der Waals surface area contributed by atoms with E-state index in [4.69, 9.17) is 9.15 Å². The Balaban J connectivity index is 2.17. The zero-order valence-electron chi connectivity index (χ0n) is 8.59. The van der Waals surface area contributed by atoms with Crippen LogP contribution in [0.5, 0.6) is 0 Å². The molecular formula is C11H13BrO3. The van der Waals surface area contributed by atoms with Crippen LogP contribution in [0.25, 0.3) is 0 Å². The molecule has 1 aliphatic rings. The number of hydrogen-bond donors (Lipinski definition) is 0. The molecule has 0 aromatic carbocycles. The Morgan fingerprint density at radius 2 is 2.47 bits per heavy atom. The van der Waals surface area contributed by atoms with E-state index in [-0.39, 0.29) is 5.78 Å². The second kappa shape index (κ2) is 4.49. The van der Waals surface area contributed by atoms with E-state index >= 15 is 0 Å². The van der Waals surface area contributed by atoms with Gasteiger partial charge in [-0.2, -0.15) is 0 Å². The van der Waals surface area contributed by atoms with Gasteiger partial charge in [0.15, 0.2) is 0 Å². The molecule has 15 heavy (non-hydrogen) atoms. The summed E-state index contributed by atoms with van der Waals surface area (Å²) in [7, 11) is 0. The number of Topliss-reactive ketones (excluding diaryl/α,β-unsaturated/α-hetero) is 1. The van der Waals surface area contributed by atoms with E-state index in [0.717, 1.165) is 29.0 Å². The maximum absolute atomic E-state index is 11.0. The van der Waals surface area contributed by atoms with Crippen LogP contribution in [0.1, 0.15) is 30.8 Å². The van der Waals surface area contributed by atoms with Crippen molar-refractivity contribution in [3.8, 4) is 0 Å². The van der Waals surface area contributed by atoms with E-state index < -0.39 is 0 Å². The lowest BCUT2D eigenvalue weighted by Crippen LogP contribution is -1.97. The Kier molecular flexibility index (Phi) is 3.26. The van der Waals surface area contributed by atoms with Gasteiger partial charge in [0.2, 0.25) is 0 Å². The van der Waals surface area contributed by atoms with E-state index in [1.165, 1.54) is 0 Å². The highest BCUT2D eigenvalue weighted by atomic mass is 79.9. The highest BCUT2D eigenvalue weighted by Crippen LogP contribution is 2.33. The van der Waals surface area contributed by atoms with E-state index in [2.05, 4.69) is 15.9 Å². The minimum atomic E-state index is 0.116. The van der Waals surface area contributed by atoms with Crippen molar-refractivity contribution in [2.24, 2.45) is 0 Å². The lowest BCUT2D eigenvalue weighted by Gasteiger charge is -2.03. The monoisotopic (exact) mass is 272 g/mol. The average Bonchev–Trinajstić information content (AvgIpc) is 2.72. The number of ether oxygens (including phenoxy) is 1. The van der Waals surface area contributed by atoms with Crippen LogP contribution < -0.4 is 0 Å². The number of ketones is 1. The van der Waals surface area contributed by atoms with Crippen molar-refractivity contribution in [3.63, 3.8) is 0 Å². The summed E-state index contributed by atoms with van der Waals surface area (Å²) in [5.74, 6) is 2.10. The first-order chi connectivity index (χ1) is 7.16. The zero-order chi connectivity index (χ0) is 10.8. The molecule has 82 valence electrons. The number of carbonyl (C=O) groups excluding carboxylic acids is 1. The van der Waals surface area contributed by atoms with Gasteiger partial charge in [-0.15, -0.1) is 0 Å². The molecule has 1 atom stereocenters. The molecule has 0 radical (unpaired) electrons. The van der Waals surface area contributed by atoms with Crippen LogP contribution in [0.15, 0.2) is 15.0 Å². The van der Waals surface area contributed by atoms with Gasteiger partial charge in [-0.25, -0.2) is 0 Å². The topological polar surface area (TPSA) is 39.4 Å². The van der Waals surface area contributed by atoms with Crippen LogP contribution in [0.3, 0.4) is 0 Å². The lowest BCUT2D eigenvalue weighted by atomic mass is 10.1. The number of carbonyl (C=O) groups is 1. The minimum Gasteiger partial charge on any atom is -0.464 e. The van der Waals surface area contributed by atoms with Gasteiger partial charge >= 0.3 is 0 Å². The smallest absolute Gasteiger partial charge is 0.137 e. The lowest BCUT2D eigenvalue weighted by molar-refractivity contribution is -0.116. The van der Waals surface area contributed by atoms with Gasteiger partial charge in [0.25, 0.3) is 0 Å². The summed E-state index contributed by atoms with van der Waals surface area (Å²) >= 11 is 3.46. The number of rotatable bonds is 3. The van der Waals surface area contributed by atoms with E-state index in [1.54, 1.807) is 6.92 Å². The van der Waals surface area contributed by atoms with Gasteiger partial charge in [-0.3, -0.25) is 4.79 Å². The summed E-state index contributed by atoms with van der Waals surface area (Å²) < 4.78 is 11.9. The van der Waals surface area contributed by atoms with E-state index in [9.17, 15) is 4.79 Å².